The van der Waals surface area contributed by atoms with Gasteiger partial charge in [-0.25, -0.2) is 4.98 Å². The van der Waals surface area contributed by atoms with Crippen LogP contribution in [0.1, 0.15) is 20.8 Å². The first kappa shape index (κ1) is 21.5. The maximum atomic E-state index is 13.1. The molecule has 0 unspecified atom stereocenters. The molecule has 1 aromatic carbocycles. The molecule has 0 spiro atoms. The smallest absolute Gasteiger partial charge is 0.382 e. The van der Waals surface area contributed by atoms with Gasteiger partial charge in [-0.1, -0.05) is 24.3 Å². The quantitative estimate of drug-likeness (QED) is 0.339. The van der Waals surface area contributed by atoms with Gasteiger partial charge in [0.15, 0.2) is 5.78 Å². The Kier molecular flexibility index (Phi) is 6.08. The number of hydrogen-bond donors (Lipinski definition) is 2. The average molecular weight is 462 g/mol. The summed E-state index contributed by atoms with van der Waals surface area (Å²) in [5.41, 5.74) is 6.61. The number of nitrogens with two attached hydrogens (primary N) is 1. The Hall–Kier alpha value is -2.75. The van der Waals surface area contributed by atoms with Crippen molar-refractivity contribution in [2.24, 2.45) is 5.73 Å². The zero-order chi connectivity index (χ0) is 22.0. The number of carbonyl (C=O) groups is 1. The molecule has 4 nitrogen and oxygen atoms in total. The van der Waals surface area contributed by atoms with Crippen molar-refractivity contribution in [2.45, 2.75) is 12.6 Å². The number of hydrogen-bond acceptors (Lipinski definition) is 6. The monoisotopic (exact) mass is 461 g/mol. The Morgan fingerprint density at radius 2 is 1.97 bits per heavy atom. The highest BCUT2D eigenvalue weighted by Crippen LogP contribution is 2.38. The Morgan fingerprint density at radius 1 is 1.13 bits per heavy atom. The number of carbonyl (C=O) groups excluding carboxylic acids is 1. The SMILES string of the molecule is NCCNc1c(C(=O)Cc2cccc(C(F)(F)F)c2)sc2nc(-c3cccs3)ccc12. The first-order valence-corrected chi connectivity index (χ1v) is 11.2. The third-order valence-corrected chi connectivity index (χ3v) is 6.68. The van der Waals surface area contributed by atoms with Crippen LogP contribution in [0.15, 0.2) is 53.9 Å². The highest BCUT2D eigenvalue weighted by Gasteiger charge is 2.30. The van der Waals surface area contributed by atoms with Gasteiger partial charge in [-0.05, 0) is 35.2 Å². The Balaban J connectivity index is 1.70. The molecule has 0 saturated heterocycles. The van der Waals surface area contributed by atoms with Crippen LogP contribution in [0.2, 0.25) is 0 Å². The van der Waals surface area contributed by atoms with Crippen molar-refractivity contribution >= 4 is 44.4 Å². The van der Waals surface area contributed by atoms with E-state index in [4.69, 9.17) is 10.7 Å². The molecular weight excluding hydrogens is 443 g/mol. The van der Waals surface area contributed by atoms with Crippen molar-refractivity contribution in [3.8, 4) is 10.6 Å². The molecule has 0 aliphatic heterocycles. The number of Topliss-reactive ketones (excluding diaryl/α,β-unsaturated/α-hetero) is 1. The van der Waals surface area contributed by atoms with E-state index in [1.165, 1.54) is 23.5 Å². The fraction of sp³-hybridized carbons (Fsp3) is 0.182. The summed E-state index contributed by atoms with van der Waals surface area (Å²) in [5, 5.41) is 5.95. The van der Waals surface area contributed by atoms with E-state index in [9.17, 15) is 18.0 Å². The van der Waals surface area contributed by atoms with Crippen molar-refractivity contribution < 1.29 is 18.0 Å². The zero-order valence-electron chi connectivity index (χ0n) is 16.2. The molecule has 4 aromatic rings. The van der Waals surface area contributed by atoms with Crippen LogP contribution < -0.4 is 11.1 Å². The number of pyridine rings is 1. The Bertz CT molecular complexity index is 1220. The summed E-state index contributed by atoms with van der Waals surface area (Å²) in [7, 11) is 0. The molecule has 4 rings (SSSR count). The molecule has 160 valence electrons. The first-order chi connectivity index (χ1) is 14.9. The standard InChI is InChI=1S/C22H18F3N3OS2/c23-22(24,25)14-4-1-3-13(11-14)12-17(29)20-19(27-9-8-26)15-6-7-16(28-21(15)31-20)18-5-2-10-30-18/h1-7,10-11,27H,8-9,12,26H2. The summed E-state index contributed by atoms with van der Waals surface area (Å²) >= 11 is 2.81. The van der Waals surface area contributed by atoms with E-state index in [0.29, 0.717) is 34.0 Å². The number of halogens is 3. The van der Waals surface area contributed by atoms with Crippen molar-refractivity contribution in [1.82, 2.24) is 4.98 Å². The number of anilines is 1. The molecule has 9 heteroatoms. The molecule has 0 bridgehead atoms. The summed E-state index contributed by atoms with van der Waals surface area (Å²) in [6.07, 6.45) is -4.58. The van der Waals surface area contributed by atoms with Gasteiger partial charge in [0.05, 0.1) is 26.7 Å². The summed E-state index contributed by atoms with van der Waals surface area (Å²) in [6.45, 7) is 0.835. The van der Waals surface area contributed by atoms with E-state index in [-0.39, 0.29) is 12.2 Å². The Labute approximate surface area is 184 Å². The first-order valence-electron chi connectivity index (χ1n) is 9.47. The number of thiophene rings is 2. The van der Waals surface area contributed by atoms with Crippen LogP contribution in [0.4, 0.5) is 18.9 Å². The van der Waals surface area contributed by atoms with Gasteiger partial charge in [0.25, 0.3) is 0 Å². The molecular formula is C22H18F3N3OS2. The second kappa shape index (κ2) is 8.78. The lowest BCUT2D eigenvalue weighted by molar-refractivity contribution is -0.137. The van der Waals surface area contributed by atoms with Gasteiger partial charge < -0.3 is 11.1 Å². The molecule has 0 aliphatic rings. The van der Waals surface area contributed by atoms with Crippen LogP contribution in [-0.4, -0.2) is 23.9 Å². The van der Waals surface area contributed by atoms with E-state index in [1.807, 2.05) is 29.6 Å². The van der Waals surface area contributed by atoms with Crippen LogP contribution in [0.25, 0.3) is 20.8 Å². The minimum atomic E-state index is -4.45. The van der Waals surface area contributed by atoms with E-state index < -0.39 is 11.7 Å². The average Bonchev–Trinajstić information content (AvgIpc) is 3.39. The van der Waals surface area contributed by atoms with Crippen LogP contribution in [0.5, 0.6) is 0 Å². The van der Waals surface area contributed by atoms with Crippen molar-refractivity contribution in [1.29, 1.82) is 0 Å². The lowest BCUT2D eigenvalue weighted by Crippen LogP contribution is -2.15. The summed E-state index contributed by atoms with van der Waals surface area (Å²) in [4.78, 5) is 19.9. The van der Waals surface area contributed by atoms with Crippen molar-refractivity contribution in [3.05, 3.63) is 69.9 Å². The topological polar surface area (TPSA) is 68.0 Å². The lowest BCUT2D eigenvalue weighted by Gasteiger charge is -2.09. The zero-order valence-corrected chi connectivity index (χ0v) is 17.8. The summed E-state index contributed by atoms with van der Waals surface area (Å²) in [5.74, 6) is -0.264. The van der Waals surface area contributed by atoms with E-state index in [0.717, 1.165) is 28.1 Å². The van der Waals surface area contributed by atoms with E-state index in [2.05, 4.69) is 5.32 Å². The molecule has 0 aliphatic carbocycles. The van der Waals surface area contributed by atoms with Crippen molar-refractivity contribution in [2.75, 3.05) is 18.4 Å². The van der Waals surface area contributed by atoms with Gasteiger partial charge >= 0.3 is 6.18 Å². The second-order valence-electron chi connectivity index (χ2n) is 6.85. The number of fused-ring (bicyclic) bond motifs is 1. The molecule has 3 aromatic heterocycles. The molecule has 0 radical (unpaired) electrons. The van der Waals surface area contributed by atoms with Gasteiger partial charge in [0.2, 0.25) is 0 Å². The van der Waals surface area contributed by atoms with Gasteiger partial charge in [-0.15, -0.1) is 22.7 Å². The number of nitrogens with one attached hydrogen (secondary N) is 1. The van der Waals surface area contributed by atoms with Crippen molar-refractivity contribution in [3.63, 3.8) is 0 Å². The van der Waals surface area contributed by atoms with Gasteiger partial charge in [-0.2, -0.15) is 13.2 Å². The summed E-state index contributed by atoms with van der Waals surface area (Å²) < 4.78 is 39.0. The number of aromatic nitrogens is 1. The molecule has 0 amide bonds. The Morgan fingerprint density at radius 3 is 2.68 bits per heavy atom. The van der Waals surface area contributed by atoms with Gasteiger partial charge in [-0.3, -0.25) is 4.79 Å². The van der Waals surface area contributed by atoms with Crippen LogP contribution >= 0.6 is 22.7 Å². The fourth-order valence-corrected chi connectivity index (χ4v) is 5.02. The normalized spacial score (nSPS) is 11.7. The van der Waals surface area contributed by atoms with Gasteiger partial charge in [0.1, 0.15) is 4.83 Å². The van der Waals surface area contributed by atoms with Gasteiger partial charge in [0, 0.05) is 24.9 Å². The maximum Gasteiger partial charge on any atom is 0.416 e. The van der Waals surface area contributed by atoms with Crippen LogP contribution in [0, 0.1) is 0 Å². The molecule has 3 N–H and O–H groups in total. The van der Waals surface area contributed by atoms with E-state index >= 15 is 0 Å². The summed E-state index contributed by atoms with van der Waals surface area (Å²) in [6, 6.07) is 12.6. The molecule has 0 saturated carbocycles. The molecule has 0 atom stereocenters. The van der Waals surface area contributed by atoms with E-state index in [1.54, 1.807) is 11.3 Å². The third kappa shape index (κ3) is 4.63. The van der Waals surface area contributed by atoms with Crippen LogP contribution in [0.3, 0.4) is 0 Å². The number of rotatable bonds is 7. The number of benzene rings is 1. The highest BCUT2D eigenvalue weighted by molar-refractivity contribution is 7.21. The maximum absolute atomic E-state index is 13.1. The minimum Gasteiger partial charge on any atom is -0.382 e. The third-order valence-electron chi connectivity index (χ3n) is 4.65. The molecule has 31 heavy (non-hydrogen) atoms. The predicted octanol–water partition coefficient (Wildman–Crippen LogP) is 5.84. The predicted molar refractivity (Wildman–Crippen MR) is 120 cm³/mol. The number of nitrogens with zero attached hydrogens (tertiary/aromatic N) is 1. The minimum absolute atomic E-state index is 0.133. The molecule has 0 fully saturated rings. The highest BCUT2D eigenvalue weighted by atomic mass is 32.1. The van der Waals surface area contributed by atoms with Crippen LogP contribution in [-0.2, 0) is 12.6 Å². The second-order valence-corrected chi connectivity index (χ2v) is 8.79. The largest absolute Gasteiger partial charge is 0.416 e. The molecule has 3 heterocycles. The number of alkyl halides is 3. The fourth-order valence-electron chi connectivity index (χ4n) is 3.23. The lowest BCUT2D eigenvalue weighted by atomic mass is 10.0. The number of ketones is 1.